The molecule has 0 aliphatic carbocycles. The molecule has 76 valence electrons. The molecule has 1 aliphatic heterocycles. The second-order valence-electron chi connectivity index (χ2n) is 3.84. The quantitative estimate of drug-likeness (QED) is 0.698. The molecule has 1 saturated heterocycles. The Morgan fingerprint density at radius 1 is 1.36 bits per heavy atom. The Morgan fingerprint density at radius 2 is 2.07 bits per heavy atom. The van der Waals surface area contributed by atoms with Crippen LogP contribution in [0.5, 0.6) is 0 Å². The van der Waals surface area contributed by atoms with Gasteiger partial charge in [-0.05, 0) is 43.6 Å². The van der Waals surface area contributed by atoms with Crippen molar-refractivity contribution in [1.29, 1.82) is 0 Å². The van der Waals surface area contributed by atoms with Gasteiger partial charge in [0.25, 0.3) is 0 Å². The highest BCUT2D eigenvalue weighted by molar-refractivity contribution is 5.20. The molecule has 1 aromatic rings. The standard InChI is InChI=1S/C12H16FN/c1-2-14-9-3-4-12(14)10-5-7-11(13)8-6-10/h5-8,12H,2-4,9H2,1H3. The minimum Gasteiger partial charge on any atom is -0.297 e. The largest absolute Gasteiger partial charge is 0.297 e. The lowest BCUT2D eigenvalue weighted by atomic mass is 10.0. The van der Waals surface area contributed by atoms with Gasteiger partial charge in [-0.2, -0.15) is 0 Å². The summed E-state index contributed by atoms with van der Waals surface area (Å²) in [6.07, 6.45) is 2.47. The van der Waals surface area contributed by atoms with E-state index in [9.17, 15) is 4.39 Å². The third-order valence-electron chi connectivity index (χ3n) is 3.02. The third kappa shape index (κ3) is 1.80. The fraction of sp³-hybridized carbons (Fsp3) is 0.500. The second kappa shape index (κ2) is 4.09. The van der Waals surface area contributed by atoms with Gasteiger partial charge in [0.1, 0.15) is 5.82 Å². The lowest BCUT2D eigenvalue weighted by Gasteiger charge is -2.22. The van der Waals surface area contributed by atoms with E-state index in [0.717, 1.165) is 6.54 Å². The lowest BCUT2D eigenvalue weighted by Crippen LogP contribution is -2.22. The topological polar surface area (TPSA) is 3.24 Å². The molecule has 2 heteroatoms. The average molecular weight is 193 g/mol. The zero-order chi connectivity index (χ0) is 9.97. The van der Waals surface area contributed by atoms with Crippen LogP contribution in [0.25, 0.3) is 0 Å². The van der Waals surface area contributed by atoms with Crippen molar-refractivity contribution in [2.24, 2.45) is 0 Å². The van der Waals surface area contributed by atoms with E-state index >= 15 is 0 Å². The molecule has 0 N–H and O–H groups in total. The maximum Gasteiger partial charge on any atom is 0.123 e. The van der Waals surface area contributed by atoms with Gasteiger partial charge in [0.2, 0.25) is 0 Å². The predicted octanol–water partition coefficient (Wildman–Crippen LogP) is 2.98. The number of hydrogen-bond donors (Lipinski definition) is 0. The fourth-order valence-corrected chi connectivity index (χ4v) is 2.27. The minimum atomic E-state index is -0.144. The minimum absolute atomic E-state index is 0.144. The van der Waals surface area contributed by atoms with Crippen molar-refractivity contribution >= 4 is 0 Å². The molecule has 1 atom stereocenters. The number of rotatable bonds is 2. The number of hydrogen-bond acceptors (Lipinski definition) is 1. The van der Waals surface area contributed by atoms with Crippen LogP contribution in [0.1, 0.15) is 31.4 Å². The van der Waals surface area contributed by atoms with Crippen LogP contribution in [0.15, 0.2) is 24.3 Å². The SMILES string of the molecule is CCN1CCCC1c1ccc(F)cc1. The van der Waals surface area contributed by atoms with E-state index in [1.807, 2.05) is 12.1 Å². The predicted molar refractivity (Wildman–Crippen MR) is 55.6 cm³/mol. The normalized spacial score (nSPS) is 22.9. The molecule has 0 aromatic heterocycles. The van der Waals surface area contributed by atoms with Crippen LogP contribution in [0.4, 0.5) is 4.39 Å². The molecular formula is C12H16FN. The Morgan fingerprint density at radius 3 is 2.71 bits per heavy atom. The van der Waals surface area contributed by atoms with Gasteiger partial charge in [0.05, 0.1) is 0 Å². The summed E-state index contributed by atoms with van der Waals surface area (Å²) < 4.78 is 12.7. The zero-order valence-electron chi connectivity index (χ0n) is 8.54. The monoisotopic (exact) mass is 193 g/mol. The van der Waals surface area contributed by atoms with Gasteiger partial charge in [0, 0.05) is 6.04 Å². The van der Waals surface area contributed by atoms with Gasteiger partial charge in [-0.15, -0.1) is 0 Å². The molecule has 0 amide bonds. The Bertz CT molecular complexity index is 294. The van der Waals surface area contributed by atoms with Crippen molar-refractivity contribution in [2.45, 2.75) is 25.8 Å². The first-order valence-corrected chi connectivity index (χ1v) is 5.31. The first-order valence-electron chi connectivity index (χ1n) is 5.31. The highest BCUT2D eigenvalue weighted by atomic mass is 19.1. The summed E-state index contributed by atoms with van der Waals surface area (Å²) in [6.45, 7) is 4.45. The van der Waals surface area contributed by atoms with E-state index in [1.165, 1.54) is 24.9 Å². The average Bonchev–Trinajstić information content (AvgIpc) is 2.67. The van der Waals surface area contributed by atoms with Crippen molar-refractivity contribution in [2.75, 3.05) is 13.1 Å². The van der Waals surface area contributed by atoms with Gasteiger partial charge in [-0.3, -0.25) is 4.90 Å². The number of likely N-dealkylation sites (tertiary alicyclic amines) is 1. The van der Waals surface area contributed by atoms with Gasteiger partial charge in [-0.25, -0.2) is 4.39 Å². The van der Waals surface area contributed by atoms with E-state index < -0.39 is 0 Å². The molecule has 14 heavy (non-hydrogen) atoms. The summed E-state index contributed by atoms with van der Waals surface area (Å²) in [5.41, 5.74) is 1.26. The summed E-state index contributed by atoms with van der Waals surface area (Å²) >= 11 is 0. The number of benzene rings is 1. The van der Waals surface area contributed by atoms with Crippen LogP contribution < -0.4 is 0 Å². The van der Waals surface area contributed by atoms with Crippen LogP contribution in [0.3, 0.4) is 0 Å². The molecule has 0 bridgehead atoms. The molecule has 0 saturated carbocycles. The Hall–Kier alpha value is -0.890. The molecule has 2 rings (SSSR count). The van der Waals surface area contributed by atoms with Crippen LogP contribution in [0, 0.1) is 5.82 Å². The molecule has 1 unspecified atom stereocenters. The fourth-order valence-electron chi connectivity index (χ4n) is 2.27. The molecule has 1 aliphatic rings. The highest BCUT2D eigenvalue weighted by Crippen LogP contribution is 2.31. The molecule has 1 fully saturated rings. The first-order chi connectivity index (χ1) is 6.81. The first kappa shape index (κ1) is 9.66. The van der Waals surface area contributed by atoms with Crippen LogP contribution >= 0.6 is 0 Å². The molecule has 1 heterocycles. The summed E-state index contributed by atoms with van der Waals surface area (Å²) in [6, 6.07) is 7.45. The summed E-state index contributed by atoms with van der Waals surface area (Å²) in [4.78, 5) is 2.45. The van der Waals surface area contributed by atoms with Crippen molar-refractivity contribution < 1.29 is 4.39 Å². The van der Waals surface area contributed by atoms with E-state index in [0.29, 0.717) is 6.04 Å². The van der Waals surface area contributed by atoms with Crippen molar-refractivity contribution in [3.63, 3.8) is 0 Å². The Balaban J connectivity index is 2.17. The maximum atomic E-state index is 12.7. The van der Waals surface area contributed by atoms with E-state index in [2.05, 4.69) is 11.8 Å². The highest BCUT2D eigenvalue weighted by Gasteiger charge is 2.23. The summed E-state index contributed by atoms with van der Waals surface area (Å²) in [7, 11) is 0. The Labute approximate surface area is 84.5 Å². The van der Waals surface area contributed by atoms with Crippen LogP contribution in [0.2, 0.25) is 0 Å². The van der Waals surface area contributed by atoms with Crippen molar-refractivity contribution in [1.82, 2.24) is 4.90 Å². The molecule has 0 spiro atoms. The molecule has 1 aromatic carbocycles. The molecule has 1 nitrogen and oxygen atoms in total. The van der Waals surface area contributed by atoms with Gasteiger partial charge in [-0.1, -0.05) is 19.1 Å². The zero-order valence-corrected chi connectivity index (χ0v) is 8.54. The number of halogens is 1. The summed E-state index contributed by atoms with van der Waals surface area (Å²) in [5.74, 6) is -0.144. The van der Waals surface area contributed by atoms with Gasteiger partial charge in [0.15, 0.2) is 0 Å². The van der Waals surface area contributed by atoms with E-state index in [1.54, 1.807) is 12.1 Å². The van der Waals surface area contributed by atoms with E-state index in [-0.39, 0.29) is 5.82 Å². The Kier molecular flexibility index (Phi) is 2.82. The maximum absolute atomic E-state index is 12.7. The van der Waals surface area contributed by atoms with Gasteiger partial charge < -0.3 is 0 Å². The van der Waals surface area contributed by atoms with E-state index in [4.69, 9.17) is 0 Å². The second-order valence-corrected chi connectivity index (χ2v) is 3.84. The smallest absolute Gasteiger partial charge is 0.123 e. The summed E-state index contributed by atoms with van der Waals surface area (Å²) in [5, 5.41) is 0. The van der Waals surface area contributed by atoms with Crippen LogP contribution in [-0.2, 0) is 0 Å². The third-order valence-corrected chi connectivity index (χ3v) is 3.02. The van der Waals surface area contributed by atoms with Crippen LogP contribution in [-0.4, -0.2) is 18.0 Å². The lowest BCUT2D eigenvalue weighted by molar-refractivity contribution is 0.271. The number of nitrogens with zero attached hydrogens (tertiary/aromatic N) is 1. The van der Waals surface area contributed by atoms with Crippen molar-refractivity contribution in [3.05, 3.63) is 35.6 Å². The molecule has 0 radical (unpaired) electrons. The molecular weight excluding hydrogens is 177 g/mol. The van der Waals surface area contributed by atoms with Gasteiger partial charge >= 0.3 is 0 Å². The van der Waals surface area contributed by atoms with Crippen molar-refractivity contribution in [3.8, 4) is 0 Å².